The fourth-order valence-electron chi connectivity index (χ4n) is 3.08. The number of methoxy groups -OCH3 is 1. The highest BCUT2D eigenvalue weighted by Crippen LogP contribution is 2.34. The summed E-state index contributed by atoms with van der Waals surface area (Å²) in [5.74, 6) is 1.45. The Morgan fingerprint density at radius 2 is 2.15 bits per heavy atom. The molecule has 1 heterocycles. The lowest BCUT2D eigenvalue weighted by molar-refractivity contribution is -0.141. The summed E-state index contributed by atoms with van der Waals surface area (Å²) in [6, 6.07) is 8.11. The Balaban J connectivity index is 1.86. The van der Waals surface area contributed by atoms with Crippen molar-refractivity contribution >= 4 is 5.91 Å². The van der Waals surface area contributed by atoms with Gasteiger partial charge in [-0.25, -0.2) is 0 Å². The van der Waals surface area contributed by atoms with Gasteiger partial charge in [-0.3, -0.25) is 4.79 Å². The highest BCUT2D eigenvalue weighted by Gasteiger charge is 2.35. The van der Waals surface area contributed by atoms with Crippen molar-refractivity contribution in [3.63, 3.8) is 0 Å². The molecule has 20 heavy (non-hydrogen) atoms. The predicted molar refractivity (Wildman–Crippen MR) is 77.7 cm³/mol. The van der Waals surface area contributed by atoms with E-state index < -0.39 is 0 Å². The van der Waals surface area contributed by atoms with E-state index in [1.54, 1.807) is 7.11 Å². The van der Waals surface area contributed by atoms with E-state index in [-0.39, 0.29) is 12.0 Å². The van der Waals surface area contributed by atoms with Gasteiger partial charge in [0.1, 0.15) is 5.75 Å². The van der Waals surface area contributed by atoms with Gasteiger partial charge in [0.05, 0.1) is 13.2 Å². The van der Waals surface area contributed by atoms with Crippen molar-refractivity contribution in [1.82, 2.24) is 10.2 Å². The van der Waals surface area contributed by atoms with Crippen LogP contribution in [0, 0.1) is 5.92 Å². The van der Waals surface area contributed by atoms with Crippen LogP contribution in [-0.2, 0) is 4.79 Å². The zero-order valence-electron chi connectivity index (χ0n) is 12.0. The molecule has 1 aromatic carbocycles. The van der Waals surface area contributed by atoms with Gasteiger partial charge >= 0.3 is 0 Å². The molecule has 1 aliphatic carbocycles. The number of para-hydroxylation sites is 1. The van der Waals surface area contributed by atoms with Crippen LogP contribution < -0.4 is 10.1 Å². The Hall–Kier alpha value is -1.55. The summed E-state index contributed by atoms with van der Waals surface area (Å²) < 4.78 is 5.46. The Morgan fingerprint density at radius 1 is 1.35 bits per heavy atom. The zero-order valence-corrected chi connectivity index (χ0v) is 12.0. The van der Waals surface area contributed by atoms with Crippen LogP contribution in [-0.4, -0.2) is 37.6 Å². The number of nitrogens with one attached hydrogen (secondary N) is 1. The SMILES string of the molecule is COc1ccccc1C1CNCCN1C(=O)C1CCC1. The van der Waals surface area contributed by atoms with Crippen molar-refractivity contribution in [3.8, 4) is 5.75 Å². The number of amides is 1. The lowest BCUT2D eigenvalue weighted by Crippen LogP contribution is -2.51. The van der Waals surface area contributed by atoms with Gasteiger partial charge in [0, 0.05) is 31.1 Å². The first-order chi connectivity index (χ1) is 9.81. The molecule has 0 radical (unpaired) electrons. The third-order valence-electron chi connectivity index (χ3n) is 4.48. The van der Waals surface area contributed by atoms with Crippen molar-refractivity contribution in [1.29, 1.82) is 0 Å². The summed E-state index contributed by atoms with van der Waals surface area (Å²) in [6.07, 6.45) is 3.31. The molecule has 1 saturated carbocycles. The van der Waals surface area contributed by atoms with E-state index in [1.165, 1.54) is 6.42 Å². The van der Waals surface area contributed by atoms with E-state index in [4.69, 9.17) is 4.74 Å². The number of ether oxygens (including phenoxy) is 1. The van der Waals surface area contributed by atoms with Crippen LogP contribution >= 0.6 is 0 Å². The lowest BCUT2D eigenvalue weighted by atomic mass is 9.83. The fraction of sp³-hybridized carbons (Fsp3) is 0.562. The predicted octanol–water partition coefficient (Wildman–Crippen LogP) is 1.97. The molecular weight excluding hydrogens is 252 g/mol. The Labute approximate surface area is 120 Å². The molecule has 1 atom stereocenters. The quantitative estimate of drug-likeness (QED) is 0.916. The first kappa shape index (κ1) is 13.4. The number of rotatable bonds is 3. The summed E-state index contributed by atoms with van der Waals surface area (Å²) in [6.45, 7) is 2.47. The lowest BCUT2D eigenvalue weighted by Gasteiger charge is -2.40. The topological polar surface area (TPSA) is 41.6 Å². The van der Waals surface area contributed by atoms with Gasteiger partial charge in [0.2, 0.25) is 5.91 Å². The van der Waals surface area contributed by atoms with Crippen LogP contribution in [0.1, 0.15) is 30.9 Å². The van der Waals surface area contributed by atoms with E-state index in [9.17, 15) is 4.79 Å². The summed E-state index contributed by atoms with van der Waals surface area (Å²) in [4.78, 5) is 14.7. The molecule has 3 rings (SSSR count). The van der Waals surface area contributed by atoms with Crippen LogP contribution in [0.2, 0.25) is 0 Å². The van der Waals surface area contributed by atoms with E-state index in [2.05, 4.69) is 16.3 Å². The largest absolute Gasteiger partial charge is 0.496 e. The number of benzene rings is 1. The normalized spacial score (nSPS) is 23.2. The maximum Gasteiger partial charge on any atom is 0.226 e. The molecule has 2 aliphatic rings. The second kappa shape index (κ2) is 5.83. The molecule has 1 aromatic rings. The monoisotopic (exact) mass is 274 g/mol. The summed E-state index contributed by atoms with van der Waals surface area (Å²) in [7, 11) is 1.69. The van der Waals surface area contributed by atoms with Gasteiger partial charge in [0.25, 0.3) is 0 Å². The van der Waals surface area contributed by atoms with Gasteiger partial charge in [-0.15, -0.1) is 0 Å². The molecule has 1 unspecified atom stereocenters. The average molecular weight is 274 g/mol. The molecule has 1 saturated heterocycles. The van der Waals surface area contributed by atoms with Gasteiger partial charge in [-0.05, 0) is 18.9 Å². The van der Waals surface area contributed by atoms with Crippen molar-refractivity contribution in [2.24, 2.45) is 5.92 Å². The van der Waals surface area contributed by atoms with E-state index in [0.717, 1.165) is 43.8 Å². The Morgan fingerprint density at radius 3 is 2.85 bits per heavy atom. The second-order valence-electron chi connectivity index (χ2n) is 5.62. The number of hydrogen-bond acceptors (Lipinski definition) is 3. The fourth-order valence-corrected chi connectivity index (χ4v) is 3.08. The van der Waals surface area contributed by atoms with Gasteiger partial charge in [-0.2, -0.15) is 0 Å². The minimum absolute atomic E-state index is 0.0907. The standard InChI is InChI=1S/C16H22N2O2/c1-20-15-8-3-2-7-13(15)14-11-17-9-10-18(14)16(19)12-5-4-6-12/h2-3,7-8,12,14,17H,4-6,9-11H2,1H3. The molecule has 4 nitrogen and oxygen atoms in total. The van der Waals surface area contributed by atoms with Crippen molar-refractivity contribution in [2.75, 3.05) is 26.7 Å². The number of hydrogen-bond donors (Lipinski definition) is 1. The van der Waals surface area contributed by atoms with Crippen LogP contribution in [0.3, 0.4) is 0 Å². The highest BCUT2D eigenvalue weighted by molar-refractivity contribution is 5.80. The minimum atomic E-state index is 0.0907. The van der Waals surface area contributed by atoms with Crippen LogP contribution in [0.4, 0.5) is 0 Å². The molecule has 0 aromatic heterocycles. The zero-order chi connectivity index (χ0) is 13.9. The summed E-state index contributed by atoms with van der Waals surface area (Å²) in [5, 5.41) is 3.39. The molecule has 0 spiro atoms. The van der Waals surface area contributed by atoms with E-state index >= 15 is 0 Å². The summed E-state index contributed by atoms with van der Waals surface area (Å²) in [5.41, 5.74) is 1.11. The molecule has 0 bridgehead atoms. The third-order valence-corrected chi connectivity index (χ3v) is 4.48. The maximum atomic E-state index is 12.6. The molecule has 2 fully saturated rings. The molecule has 1 N–H and O–H groups in total. The third kappa shape index (κ3) is 2.40. The minimum Gasteiger partial charge on any atom is -0.496 e. The first-order valence-electron chi connectivity index (χ1n) is 7.45. The van der Waals surface area contributed by atoms with E-state index in [0.29, 0.717) is 5.91 Å². The van der Waals surface area contributed by atoms with Crippen LogP contribution in [0.5, 0.6) is 5.75 Å². The van der Waals surface area contributed by atoms with Crippen molar-refractivity contribution < 1.29 is 9.53 Å². The number of carbonyl (C=O) groups is 1. The van der Waals surface area contributed by atoms with Gasteiger partial charge in [0.15, 0.2) is 0 Å². The smallest absolute Gasteiger partial charge is 0.226 e. The summed E-state index contributed by atoms with van der Waals surface area (Å²) >= 11 is 0. The molecule has 108 valence electrons. The Kier molecular flexibility index (Phi) is 3.92. The van der Waals surface area contributed by atoms with Crippen molar-refractivity contribution in [2.45, 2.75) is 25.3 Å². The first-order valence-corrected chi connectivity index (χ1v) is 7.45. The van der Waals surface area contributed by atoms with Crippen molar-refractivity contribution in [3.05, 3.63) is 29.8 Å². The molecule has 1 aliphatic heterocycles. The molecule has 1 amide bonds. The number of carbonyl (C=O) groups excluding carboxylic acids is 1. The Bertz CT molecular complexity index is 485. The second-order valence-corrected chi connectivity index (χ2v) is 5.62. The molecule has 4 heteroatoms. The highest BCUT2D eigenvalue weighted by atomic mass is 16.5. The van der Waals surface area contributed by atoms with Gasteiger partial charge in [-0.1, -0.05) is 24.6 Å². The number of piperazine rings is 1. The van der Waals surface area contributed by atoms with Crippen LogP contribution in [0.15, 0.2) is 24.3 Å². The molecular formula is C16H22N2O2. The van der Waals surface area contributed by atoms with E-state index in [1.807, 2.05) is 18.2 Å². The average Bonchev–Trinajstić information content (AvgIpc) is 2.45. The van der Waals surface area contributed by atoms with Crippen LogP contribution in [0.25, 0.3) is 0 Å². The maximum absolute atomic E-state index is 12.6. The number of nitrogens with zero attached hydrogens (tertiary/aromatic N) is 1. The van der Waals surface area contributed by atoms with Gasteiger partial charge < -0.3 is 15.0 Å².